The van der Waals surface area contributed by atoms with Crippen molar-refractivity contribution in [3.8, 4) is 0 Å². The van der Waals surface area contributed by atoms with Gasteiger partial charge in [-0.15, -0.1) is 0 Å². The molecule has 5 heteroatoms. The van der Waals surface area contributed by atoms with Crippen molar-refractivity contribution in [1.82, 2.24) is 10.3 Å². The Kier molecular flexibility index (Phi) is 4.97. The van der Waals surface area contributed by atoms with Crippen LogP contribution in [0.1, 0.15) is 37.5 Å². The van der Waals surface area contributed by atoms with Gasteiger partial charge in [-0.05, 0) is 57.3 Å². The highest BCUT2D eigenvalue weighted by Gasteiger charge is 2.24. The molecule has 94 valence electrons. The van der Waals surface area contributed by atoms with Crippen LogP contribution in [0.25, 0.3) is 0 Å². The fraction of sp³-hybridized carbons (Fsp3) is 0.583. The summed E-state index contributed by atoms with van der Waals surface area (Å²) in [5.41, 5.74) is 0.715. The fourth-order valence-corrected chi connectivity index (χ4v) is 3.38. The molecule has 1 saturated heterocycles. The summed E-state index contributed by atoms with van der Waals surface area (Å²) in [5, 5.41) is 13.8. The van der Waals surface area contributed by atoms with Crippen LogP contribution in [0.15, 0.2) is 21.2 Å². The number of nitrogens with one attached hydrogen (secondary N) is 1. The number of aliphatic hydroxyl groups excluding tert-OH is 1. The van der Waals surface area contributed by atoms with Crippen molar-refractivity contribution < 1.29 is 5.11 Å². The minimum atomic E-state index is -0.546. The van der Waals surface area contributed by atoms with Crippen molar-refractivity contribution in [3.05, 3.63) is 26.9 Å². The van der Waals surface area contributed by atoms with Gasteiger partial charge in [0.1, 0.15) is 6.10 Å². The lowest BCUT2D eigenvalue weighted by molar-refractivity contribution is 0.121. The van der Waals surface area contributed by atoms with Gasteiger partial charge in [0, 0.05) is 21.2 Å². The Morgan fingerprint density at radius 1 is 1.35 bits per heavy atom. The van der Waals surface area contributed by atoms with Crippen molar-refractivity contribution in [3.63, 3.8) is 0 Å². The van der Waals surface area contributed by atoms with Crippen LogP contribution in [-0.2, 0) is 0 Å². The van der Waals surface area contributed by atoms with E-state index < -0.39 is 6.10 Å². The minimum absolute atomic E-state index is 0.113. The first kappa shape index (κ1) is 13.5. The van der Waals surface area contributed by atoms with Crippen LogP contribution in [0.5, 0.6) is 0 Å². The lowest BCUT2D eigenvalue weighted by Crippen LogP contribution is -2.34. The Morgan fingerprint density at radius 2 is 2.18 bits per heavy atom. The Bertz CT molecular complexity index is 379. The predicted octanol–water partition coefficient (Wildman–Crippen LogP) is 3.17. The van der Waals surface area contributed by atoms with Crippen LogP contribution < -0.4 is 5.32 Å². The molecule has 0 aliphatic carbocycles. The molecule has 1 aromatic rings. The highest BCUT2D eigenvalue weighted by molar-refractivity contribution is 9.11. The van der Waals surface area contributed by atoms with E-state index in [1.807, 2.05) is 6.07 Å². The molecule has 17 heavy (non-hydrogen) atoms. The van der Waals surface area contributed by atoms with Gasteiger partial charge in [0.2, 0.25) is 0 Å². The van der Waals surface area contributed by atoms with Crippen molar-refractivity contribution in [2.24, 2.45) is 0 Å². The van der Waals surface area contributed by atoms with E-state index in [0.29, 0.717) is 5.69 Å². The summed E-state index contributed by atoms with van der Waals surface area (Å²) in [5.74, 6) is 0. The summed E-state index contributed by atoms with van der Waals surface area (Å²) in [6, 6.07) is 2.03. The highest BCUT2D eigenvalue weighted by atomic mass is 79.9. The monoisotopic (exact) mass is 362 g/mol. The summed E-state index contributed by atoms with van der Waals surface area (Å²) in [4.78, 5) is 4.30. The van der Waals surface area contributed by atoms with Crippen LogP contribution in [0, 0.1) is 0 Å². The van der Waals surface area contributed by atoms with Crippen LogP contribution in [0.4, 0.5) is 0 Å². The Hall–Kier alpha value is 0.0300. The number of pyridine rings is 1. The fourth-order valence-electron chi connectivity index (χ4n) is 2.16. The first-order valence-electron chi connectivity index (χ1n) is 5.91. The Labute approximate surface area is 118 Å². The molecule has 1 aliphatic rings. The zero-order valence-corrected chi connectivity index (χ0v) is 12.7. The average molecular weight is 364 g/mol. The van der Waals surface area contributed by atoms with Crippen molar-refractivity contribution in [2.45, 2.75) is 37.8 Å². The summed E-state index contributed by atoms with van der Waals surface area (Å²) in [6.45, 7) is 0.982. The molecule has 0 amide bonds. The summed E-state index contributed by atoms with van der Waals surface area (Å²) >= 11 is 6.82. The Morgan fingerprint density at radius 3 is 2.94 bits per heavy atom. The molecule has 2 atom stereocenters. The molecule has 2 N–H and O–H groups in total. The second-order valence-corrected chi connectivity index (χ2v) is 6.15. The first-order valence-corrected chi connectivity index (χ1v) is 7.49. The highest BCUT2D eigenvalue weighted by Crippen LogP contribution is 2.28. The summed E-state index contributed by atoms with van der Waals surface area (Å²) in [7, 11) is 0. The SMILES string of the molecule is OC(c1ncc(Br)cc1Br)C1CCCCCN1. The van der Waals surface area contributed by atoms with Crippen LogP contribution >= 0.6 is 31.9 Å². The molecule has 2 unspecified atom stereocenters. The molecular weight excluding hydrogens is 348 g/mol. The summed E-state index contributed by atoms with van der Waals surface area (Å²) in [6.07, 6.45) is 5.79. The van der Waals surface area contributed by atoms with E-state index >= 15 is 0 Å². The van der Waals surface area contributed by atoms with Gasteiger partial charge in [-0.1, -0.05) is 12.8 Å². The third kappa shape index (κ3) is 3.50. The smallest absolute Gasteiger partial charge is 0.112 e. The Balaban J connectivity index is 2.14. The third-order valence-electron chi connectivity index (χ3n) is 3.10. The van der Waals surface area contributed by atoms with Gasteiger partial charge in [-0.3, -0.25) is 4.98 Å². The van der Waals surface area contributed by atoms with Crippen molar-refractivity contribution in [2.75, 3.05) is 6.54 Å². The number of nitrogens with zero attached hydrogens (tertiary/aromatic N) is 1. The molecule has 0 saturated carbocycles. The van der Waals surface area contributed by atoms with Gasteiger partial charge in [0.15, 0.2) is 0 Å². The van der Waals surface area contributed by atoms with E-state index in [1.165, 1.54) is 19.3 Å². The van der Waals surface area contributed by atoms with Gasteiger partial charge in [-0.25, -0.2) is 0 Å². The quantitative estimate of drug-likeness (QED) is 0.848. The molecule has 0 radical (unpaired) electrons. The molecule has 2 rings (SSSR count). The van der Waals surface area contributed by atoms with E-state index in [-0.39, 0.29) is 6.04 Å². The van der Waals surface area contributed by atoms with Gasteiger partial charge in [0.05, 0.1) is 5.69 Å². The second kappa shape index (κ2) is 6.27. The number of aliphatic hydroxyl groups is 1. The number of aromatic nitrogens is 1. The predicted molar refractivity (Wildman–Crippen MR) is 74.9 cm³/mol. The first-order chi connectivity index (χ1) is 8.18. The van der Waals surface area contributed by atoms with Gasteiger partial charge in [-0.2, -0.15) is 0 Å². The molecule has 1 aromatic heterocycles. The van der Waals surface area contributed by atoms with E-state index in [2.05, 4.69) is 42.2 Å². The topological polar surface area (TPSA) is 45.2 Å². The molecule has 3 nitrogen and oxygen atoms in total. The molecule has 1 fully saturated rings. The maximum atomic E-state index is 10.4. The third-order valence-corrected chi connectivity index (χ3v) is 4.16. The maximum absolute atomic E-state index is 10.4. The molecule has 0 spiro atoms. The van der Waals surface area contributed by atoms with E-state index in [4.69, 9.17) is 0 Å². The van der Waals surface area contributed by atoms with Crippen LogP contribution in [0.3, 0.4) is 0 Å². The molecular formula is C12H16Br2N2O. The van der Waals surface area contributed by atoms with E-state index in [1.54, 1.807) is 6.20 Å². The zero-order valence-electron chi connectivity index (χ0n) is 9.50. The van der Waals surface area contributed by atoms with Crippen molar-refractivity contribution >= 4 is 31.9 Å². The minimum Gasteiger partial charge on any atom is -0.385 e. The zero-order chi connectivity index (χ0) is 12.3. The van der Waals surface area contributed by atoms with Gasteiger partial charge in [0.25, 0.3) is 0 Å². The van der Waals surface area contributed by atoms with Crippen LogP contribution in [-0.4, -0.2) is 22.7 Å². The molecule has 2 heterocycles. The largest absolute Gasteiger partial charge is 0.385 e. The maximum Gasteiger partial charge on any atom is 0.112 e. The van der Waals surface area contributed by atoms with Crippen LogP contribution in [0.2, 0.25) is 0 Å². The number of hydrogen-bond donors (Lipinski definition) is 2. The number of hydrogen-bond acceptors (Lipinski definition) is 3. The lowest BCUT2D eigenvalue weighted by Gasteiger charge is -2.22. The van der Waals surface area contributed by atoms with Gasteiger partial charge < -0.3 is 10.4 Å². The molecule has 0 bridgehead atoms. The standard InChI is InChI=1S/C12H16Br2N2O/c13-8-6-9(14)11(16-7-8)12(17)10-4-2-1-3-5-15-10/h6-7,10,12,15,17H,1-5H2. The number of rotatable bonds is 2. The molecule has 0 aromatic carbocycles. The normalized spacial score (nSPS) is 23.1. The van der Waals surface area contributed by atoms with Crippen molar-refractivity contribution in [1.29, 1.82) is 0 Å². The summed E-state index contributed by atoms with van der Waals surface area (Å²) < 4.78 is 1.76. The second-order valence-electron chi connectivity index (χ2n) is 4.38. The lowest BCUT2D eigenvalue weighted by atomic mass is 10.0. The number of halogens is 2. The van der Waals surface area contributed by atoms with E-state index in [9.17, 15) is 5.11 Å². The average Bonchev–Trinajstić information content (AvgIpc) is 2.56. The van der Waals surface area contributed by atoms with E-state index in [0.717, 1.165) is 21.9 Å². The van der Waals surface area contributed by atoms with Gasteiger partial charge >= 0.3 is 0 Å². The molecule has 1 aliphatic heterocycles.